The summed E-state index contributed by atoms with van der Waals surface area (Å²) in [6.07, 6.45) is 0.328. The minimum atomic E-state index is -3.49. The lowest BCUT2D eigenvalue weighted by atomic mass is 10.1. The summed E-state index contributed by atoms with van der Waals surface area (Å²) in [6, 6.07) is 8.11. The second kappa shape index (κ2) is 5.12. The van der Waals surface area contributed by atoms with Crippen molar-refractivity contribution in [3.63, 3.8) is 0 Å². The van der Waals surface area contributed by atoms with Crippen LogP contribution in [0.5, 0.6) is 0 Å². The van der Waals surface area contributed by atoms with Gasteiger partial charge in [-0.1, -0.05) is 11.6 Å². The number of nitrogens with zero attached hydrogens (tertiary/aromatic N) is 1. The Balaban J connectivity index is 2.23. The summed E-state index contributed by atoms with van der Waals surface area (Å²) in [5.74, 6) is 0. The van der Waals surface area contributed by atoms with Gasteiger partial charge in [0.15, 0.2) is 9.84 Å². The average Bonchev–Trinajstić information content (AvgIpc) is 3.13. The van der Waals surface area contributed by atoms with Crippen LogP contribution in [-0.4, -0.2) is 26.9 Å². The van der Waals surface area contributed by atoms with Gasteiger partial charge < -0.3 is 4.74 Å². The molecule has 6 heteroatoms. The maximum atomic E-state index is 12.4. The van der Waals surface area contributed by atoms with Crippen molar-refractivity contribution in [3.8, 4) is 6.07 Å². The van der Waals surface area contributed by atoms with Gasteiger partial charge in [0.25, 0.3) is 0 Å². The van der Waals surface area contributed by atoms with Gasteiger partial charge in [-0.05, 0) is 37.6 Å². The Morgan fingerprint density at radius 2 is 2.11 bits per heavy atom. The fraction of sp³-hybridized carbons (Fsp3) is 0.462. The number of sulfone groups is 1. The summed E-state index contributed by atoms with van der Waals surface area (Å²) in [7, 11) is -3.49. The monoisotopic (exact) mass is 299 g/mol. The number of hydrogen-bond donors (Lipinski definition) is 0. The lowest BCUT2D eigenvalue weighted by molar-refractivity contribution is 0.119. The highest BCUT2D eigenvalue weighted by molar-refractivity contribution is 7.92. The zero-order valence-corrected chi connectivity index (χ0v) is 12.0. The van der Waals surface area contributed by atoms with Crippen LogP contribution in [0.4, 0.5) is 0 Å². The van der Waals surface area contributed by atoms with Crippen LogP contribution in [-0.2, 0) is 14.6 Å². The molecule has 0 amide bonds. The molecule has 0 unspecified atom stereocenters. The van der Waals surface area contributed by atoms with E-state index in [1.54, 1.807) is 0 Å². The predicted octanol–water partition coefficient (Wildman–Crippen LogP) is 2.43. The Labute approximate surface area is 117 Å². The fourth-order valence-corrected chi connectivity index (χ4v) is 4.25. The number of hydrogen-bond acceptors (Lipinski definition) is 4. The molecule has 102 valence electrons. The van der Waals surface area contributed by atoms with Crippen LogP contribution >= 0.6 is 11.6 Å². The normalized spacial score (nSPS) is 25.8. The maximum absolute atomic E-state index is 12.4. The Hall–Kier alpha value is -1.09. The molecule has 0 heterocycles. The SMILES string of the molecule is CCOC[C@@]1(C#N)C[C@H]1S(=O)(=O)c1ccc(Cl)cc1. The van der Waals surface area contributed by atoms with Gasteiger partial charge in [0, 0.05) is 11.6 Å². The van der Waals surface area contributed by atoms with Gasteiger partial charge in [0.05, 0.1) is 28.2 Å². The minimum Gasteiger partial charge on any atom is -0.380 e. The first kappa shape index (κ1) is 14.3. The van der Waals surface area contributed by atoms with Gasteiger partial charge in [-0.15, -0.1) is 0 Å². The Kier molecular flexibility index (Phi) is 3.86. The Bertz CT molecular complexity index is 606. The Morgan fingerprint density at radius 3 is 2.63 bits per heavy atom. The second-order valence-electron chi connectivity index (χ2n) is 4.60. The molecule has 1 fully saturated rings. The molecule has 0 saturated heterocycles. The van der Waals surface area contributed by atoms with Crippen LogP contribution in [0.3, 0.4) is 0 Å². The summed E-state index contributed by atoms with van der Waals surface area (Å²) >= 11 is 5.74. The number of benzene rings is 1. The van der Waals surface area contributed by atoms with E-state index in [1.165, 1.54) is 24.3 Å². The van der Waals surface area contributed by atoms with Gasteiger partial charge in [0.1, 0.15) is 0 Å². The van der Waals surface area contributed by atoms with Crippen LogP contribution in [0.25, 0.3) is 0 Å². The molecule has 1 aromatic rings. The smallest absolute Gasteiger partial charge is 0.182 e. The molecule has 4 nitrogen and oxygen atoms in total. The van der Waals surface area contributed by atoms with Gasteiger partial charge in [-0.2, -0.15) is 5.26 Å². The molecule has 2 atom stereocenters. The first-order chi connectivity index (χ1) is 8.96. The number of ether oxygens (including phenoxy) is 1. The lowest BCUT2D eigenvalue weighted by Crippen LogP contribution is -2.19. The third-order valence-corrected chi connectivity index (χ3v) is 5.86. The average molecular weight is 300 g/mol. The molecule has 0 aromatic heterocycles. The van der Waals surface area contributed by atoms with E-state index in [4.69, 9.17) is 16.3 Å². The van der Waals surface area contributed by atoms with E-state index in [0.29, 0.717) is 18.1 Å². The van der Waals surface area contributed by atoms with E-state index >= 15 is 0 Å². The number of nitriles is 1. The van der Waals surface area contributed by atoms with E-state index in [9.17, 15) is 13.7 Å². The maximum Gasteiger partial charge on any atom is 0.182 e. The summed E-state index contributed by atoms with van der Waals surface area (Å²) in [6.45, 7) is 2.45. The summed E-state index contributed by atoms with van der Waals surface area (Å²) in [5, 5.41) is 8.99. The van der Waals surface area contributed by atoms with Crippen LogP contribution in [0.1, 0.15) is 13.3 Å². The summed E-state index contributed by atoms with van der Waals surface area (Å²) < 4.78 is 30.0. The quantitative estimate of drug-likeness (QED) is 0.837. The van der Waals surface area contributed by atoms with Crippen molar-refractivity contribution < 1.29 is 13.2 Å². The molecule has 0 N–H and O–H groups in total. The van der Waals surface area contributed by atoms with Gasteiger partial charge in [-0.3, -0.25) is 0 Å². The Morgan fingerprint density at radius 1 is 1.47 bits per heavy atom. The van der Waals surface area contributed by atoms with Crippen molar-refractivity contribution in [1.82, 2.24) is 0 Å². The van der Waals surface area contributed by atoms with E-state index < -0.39 is 20.5 Å². The molecule has 0 spiro atoms. The molecular formula is C13H14ClNO3S. The molecular weight excluding hydrogens is 286 g/mol. The summed E-state index contributed by atoms with van der Waals surface area (Å²) in [4.78, 5) is 0.204. The third-order valence-electron chi connectivity index (χ3n) is 3.31. The highest BCUT2D eigenvalue weighted by Gasteiger charge is 2.62. The third kappa shape index (κ3) is 2.62. The molecule has 1 aliphatic carbocycles. The van der Waals surface area contributed by atoms with Gasteiger partial charge in [-0.25, -0.2) is 8.42 Å². The zero-order chi connectivity index (χ0) is 14.1. The standard InChI is InChI=1S/C13H14ClNO3S/c1-2-18-9-13(8-15)7-12(13)19(16,17)11-5-3-10(14)4-6-11/h3-6,12H,2,7,9H2,1H3/t12-,13+/m1/s1. The molecule has 0 bridgehead atoms. The van der Waals surface area contributed by atoms with Crippen molar-refractivity contribution in [1.29, 1.82) is 5.26 Å². The van der Waals surface area contributed by atoms with Crippen molar-refractivity contribution in [3.05, 3.63) is 29.3 Å². The van der Waals surface area contributed by atoms with E-state index in [2.05, 4.69) is 6.07 Å². The summed E-state index contributed by atoms with van der Waals surface area (Å²) in [5.41, 5.74) is -0.894. The molecule has 1 aromatic carbocycles. The van der Waals surface area contributed by atoms with Crippen LogP contribution in [0.15, 0.2) is 29.2 Å². The van der Waals surface area contributed by atoms with Gasteiger partial charge in [0.2, 0.25) is 0 Å². The molecule has 0 aliphatic heterocycles. The van der Waals surface area contributed by atoms with Crippen molar-refractivity contribution >= 4 is 21.4 Å². The topological polar surface area (TPSA) is 67.2 Å². The molecule has 1 aliphatic rings. The van der Waals surface area contributed by atoms with E-state index in [1.807, 2.05) is 6.92 Å². The highest BCUT2D eigenvalue weighted by atomic mass is 35.5. The van der Waals surface area contributed by atoms with Crippen molar-refractivity contribution in [2.75, 3.05) is 13.2 Å². The van der Waals surface area contributed by atoms with E-state index in [-0.39, 0.29) is 11.5 Å². The molecule has 19 heavy (non-hydrogen) atoms. The lowest BCUT2D eigenvalue weighted by Gasteiger charge is -2.09. The highest BCUT2D eigenvalue weighted by Crippen LogP contribution is 2.52. The van der Waals surface area contributed by atoms with E-state index in [0.717, 1.165) is 0 Å². The van der Waals surface area contributed by atoms with Gasteiger partial charge >= 0.3 is 0 Å². The largest absolute Gasteiger partial charge is 0.380 e. The second-order valence-corrected chi connectivity index (χ2v) is 7.16. The van der Waals surface area contributed by atoms with Crippen molar-refractivity contribution in [2.24, 2.45) is 5.41 Å². The molecule has 0 radical (unpaired) electrons. The zero-order valence-electron chi connectivity index (χ0n) is 10.5. The van der Waals surface area contributed by atoms with Crippen LogP contribution in [0.2, 0.25) is 5.02 Å². The molecule has 1 saturated carbocycles. The first-order valence-electron chi connectivity index (χ1n) is 5.95. The number of rotatable bonds is 5. The fourth-order valence-electron chi connectivity index (χ4n) is 2.05. The predicted molar refractivity (Wildman–Crippen MR) is 71.6 cm³/mol. The van der Waals surface area contributed by atoms with Crippen LogP contribution < -0.4 is 0 Å². The molecule has 2 rings (SSSR count). The first-order valence-corrected chi connectivity index (χ1v) is 7.87. The minimum absolute atomic E-state index is 0.164. The number of halogens is 1. The van der Waals surface area contributed by atoms with Crippen LogP contribution in [0, 0.1) is 16.7 Å². The van der Waals surface area contributed by atoms with Crippen molar-refractivity contribution in [2.45, 2.75) is 23.5 Å².